The molecule has 0 radical (unpaired) electrons. The zero-order chi connectivity index (χ0) is 14.6. The molecule has 0 spiro atoms. The summed E-state index contributed by atoms with van der Waals surface area (Å²) >= 11 is 0. The Labute approximate surface area is 128 Å². The van der Waals surface area contributed by atoms with Crippen LogP contribution in [0.4, 0.5) is 0 Å². The average Bonchev–Trinajstić information content (AvgIpc) is 3.29. The summed E-state index contributed by atoms with van der Waals surface area (Å²) in [5.74, 6) is 1.94. The molecule has 0 aromatic carbocycles. The molecule has 20 heavy (non-hydrogen) atoms. The predicted octanol–water partition coefficient (Wildman–Crippen LogP) is 5.93. The molecule has 1 heteroatoms. The summed E-state index contributed by atoms with van der Waals surface area (Å²) in [6, 6.07) is 0.775. The molecule has 1 rings (SSSR count). The smallest absolute Gasteiger partial charge is 0.00923 e. The topological polar surface area (TPSA) is 12.0 Å². The maximum atomic E-state index is 3.55. The number of unbranched alkanes of at least 4 members (excludes halogenated alkanes) is 9. The summed E-state index contributed by atoms with van der Waals surface area (Å²) in [7, 11) is 2.15. The Balaban J connectivity index is 1.85. The molecule has 1 N–H and O–H groups in total. The van der Waals surface area contributed by atoms with Crippen molar-refractivity contribution in [2.24, 2.45) is 11.8 Å². The largest absolute Gasteiger partial charge is 0.317 e. The van der Waals surface area contributed by atoms with E-state index < -0.39 is 0 Å². The molecule has 1 aliphatic carbocycles. The highest BCUT2D eigenvalue weighted by atomic mass is 14.9. The summed E-state index contributed by atoms with van der Waals surface area (Å²) in [4.78, 5) is 0. The van der Waals surface area contributed by atoms with Gasteiger partial charge in [0.1, 0.15) is 0 Å². The van der Waals surface area contributed by atoms with E-state index in [-0.39, 0.29) is 0 Å². The van der Waals surface area contributed by atoms with Crippen molar-refractivity contribution in [1.29, 1.82) is 0 Å². The second kappa shape index (κ2) is 11.6. The Kier molecular flexibility index (Phi) is 10.4. The standard InChI is InChI=1S/C19H39N/c1-4-5-6-7-8-9-10-11-12-13-14-19(20-3)17(2)18-15-16-18/h17-20H,4-16H2,1-3H3. The van der Waals surface area contributed by atoms with E-state index in [9.17, 15) is 0 Å². The first-order valence-electron chi connectivity index (χ1n) is 9.46. The fourth-order valence-corrected chi connectivity index (χ4v) is 3.47. The quantitative estimate of drug-likeness (QED) is 0.389. The zero-order valence-corrected chi connectivity index (χ0v) is 14.4. The fraction of sp³-hybridized carbons (Fsp3) is 1.00. The van der Waals surface area contributed by atoms with E-state index >= 15 is 0 Å². The highest BCUT2D eigenvalue weighted by Crippen LogP contribution is 2.39. The summed E-state index contributed by atoms with van der Waals surface area (Å²) in [5, 5.41) is 3.55. The van der Waals surface area contributed by atoms with Crippen LogP contribution in [-0.4, -0.2) is 13.1 Å². The van der Waals surface area contributed by atoms with Crippen molar-refractivity contribution in [1.82, 2.24) is 5.32 Å². The van der Waals surface area contributed by atoms with Gasteiger partial charge in [0.15, 0.2) is 0 Å². The minimum Gasteiger partial charge on any atom is -0.317 e. The molecule has 2 unspecified atom stereocenters. The minimum absolute atomic E-state index is 0.775. The van der Waals surface area contributed by atoms with Crippen LogP contribution in [0.3, 0.4) is 0 Å². The van der Waals surface area contributed by atoms with E-state index in [0.717, 1.165) is 17.9 Å². The van der Waals surface area contributed by atoms with E-state index in [1.54, 1.807) is 0 Å². The molecule has 0 amide bonds. The highest BCUT2D eigenvalue weighted by molar-refractivity contribution is 4.85. The molecular weight excluding hydrogens is 242 g/mol. The molecule has 1 nitrogen and oxygen atoms in total. The third-order valence-electron chi connectivity index (χ3n) is 5.24. The minimum atomic E-state index is 0.775. The van der Waals surface area contributed by atoms with Crippen molar-refractivity contribution < 1.29 is 0 Å². The lowest BCUT2D eigenvalue weighted by Gasteiger charge is -2.23. The van der Waals surface area contributed by atoms with Gasteiger partial charge in [-0.3, -0.25) is 0 Å². The molecule has 1 saturated carbocycles. The van der Waals surface area contributed by atoms with Crippen LogP contribution in [0.2, 0.25) is 0 Å². The number of rotatable bonds is 14. The van der Waals surface area contributed by atoms with Crippen molar-refractivity contribution in [3.8, 4) is 0 Å². The summed E-state index contributed by atoms with van der Waals surface area (Å²) in [6.07, 6.45) is 18.8. The maximum Gasteiger partial charge on any atom is 0.00923 e. The third-order valence-corrected chi connectivity index (χ3v) is 5.24. The summed E-state index contributed by atoms with van der Waals surface area (Å²) < 4.78 is 0. The van der Waals surface area contributed by atoms with Gasteiger partial charge in [0.05, 0.1) is 0 Å². The van der Waals surface area contributed by atoms with Crippen LogP contribution in [0.5, 0.6) is 0 Å². The highest BCUT2D eigenvalue weighted by Gasteiger charge is 2.32. The van der Waals surface area contributed by atoms with Crippen LogP contribution >= 0.6 is 0 Å². The molecule has 1 fully saturated rings. The summed E-state index contributed by atoms with van der Waals surface area (Å²) in [6.45, 7) is 4.75. The van der Waals surface area contributed by atoms with E-state index in [0.29, 0.717) is 0 Å². The monoisotopic (exact) mass is 281 g/mol. The van der Waals surface area contributed by atoms with Crippen molar-refractivity contribution in [3.63, 3.8) is 0 Å². The van der Waals surface area contributed by atoms with Crippen LogP contribution in [0, 0.1) is 11.8 Å². The lowest BCUT2D eigenvalue weighted by atomic mass is 9.92. The number of hydrogen-bond acceptors (Lipinski definition) is 1. The summed E-state index contributed by atoms with van der Waals surface area (Å²) in [5.41, 5.74) is 0. The van der Waals surface area contributed by atoms with Gasteiger partial charge in [-0.25, -0.2) is 0 Å². The molecular formula is C19H39N. The van der Waals surface area contributed by atoms with Crippen LogP contribution in [0.25, 0.3) is 0 Å². The lowest BCUT2D eigenvalue weighted by Crippen LogP contribution is -2.33. The second-order valence-corrected chi connectivity index (χ2v) is 7.06. The number of hydrogen-bond donors (Lipinski definition) is 1. The van der Waals surface area contributed by atoms with Gasteiger partial charge in [0.25, 0.3) is 0 Å². The van der Waals surface area contributed by atoms with Crippen molar-refractivity contribution >= 4 is 0 Å². The SMILES string of the molecule is CCCCCCCCCCCCC(NC)C(C)C1CC1. The molecule has 0 bridgehead atoms. The third kappa shape index (κ3) is 8.29. The molecule has 0 saturated heterocycles. The van der Waals surface area contributed by atoms with Gasteiger partial charge in [-0.1, -0.05) is 78.1 Å². The maximum absolute atomic E-state index is 3.55. The molecule has 0 aromatic rings. The first-order chi connectivity index (χ1) is 9.79. The Morgan fingerprint density at radius 1 is 0.850 bits per heavy atom. The second-order valence-electron chi connectivity index (χ2n) is 7.06. The van der Waals surface area contributed by atoms with Crippen molar-refractivity contribution in [2.75, 3.05) is 7.05 Å². The lowest BCUT2D eigenvalue weighted by molar-refractivity contribution is 0.332. The zero-order valence-electron chi connectivity index (χ0n) is 14.4. The van der Waals surface area contributed by atoms with Crippen molar-refractivity contribution in [3.05, 3.63) is 0 Å². The first-order valence-corrected chi connectivity index (χ1v) is 9.46. The first kappa shape index (κ1) is 18.0. The number of nitrogens with one attached hydrogen (secondary N) is 1. The Hall–Kier alpha value is -0.0400. The van der Waals surface area contributed by atoms with Gasteiger partial charge < -0.3 is 5.32 Å². The molecule has 0 heterocycles. The van der Waals surface area contributed by atoms with Gasteiger partial charge in [-0.2, -0.15) is 0 Å². The molecule has 1 aliphatic rings. The molecule has 120 valence electrons. The molecule has 0 aromatic heterocycles. The van der Waals surface area contributed by atoms with Gasteiger partial charge in [0.2, 0.25) is 0 Å². The predicted molar refractivity (Wildman–Crippen MR) is 91.2 cm³/mol. The Morgan fingerprint density at radius 3 is 1.80 bits per heavy atom. The fourth-order valence-electron chi connectivity index (χ4n) is 3.47. The van der Waals surface area contributed by atoms with E-state index in [1.165, 1.54) is 83.5 Å². The van der Waals surface area contributed by atoms with E-state index in [1.807, 2.05) is 0 Å². The van der Waals surface area contributed by atoms with Gasteiger partial charge in [-0.05, 0) is 38.1 Å². The van der Waals surface area contributed by atoms with Crippen LogP contribution < -0.4 is 5.32 Å². The molecule has 2 atom stereocenters. The van der Waals surface area contributed by atoms with E-state index in [2.05, 4.69) is 26.2 Å². The van der Waals surface area contributed by atoms with Gasteiger partial charge in [-0.15, -0.1) is 0 Å². The van der Waals surface area contributed by atoms with Crippen LogP contribution in [-0.2, 0) is 0 Å². The van der Waals surface area contributed by atoms with Gasteiger partial charge >= 0.3 is 0 Å². The van der Waals surface area contributed by atoms with Crippen LogP contribution in [0.1, 0.15) is 97.3 Å². The van der Waals surface area contributed by atoms with Crippen LogP contribution in [0.15, 0.2) is 0 Å². The van der Waals surface area contributed by atoms with Gasteiger partial charge in [0, 0.05) is 6.04 Å². The normalized spacial score (nSPS) is 18.1. The Bertz CT molecular complexity index is 210. The van der Waals surface area contributed by atoms with Crippen molar-refractivity contribution in [2.45, 2.75) is 103 Å². The molecule has 0 aliphatic heterocycles. The van der Waals surface area contributed by atoms with E-state index in [4.69, 9.17) is 0 Å². The average molecular weight is 282 g/mol. The Morgan fingerprint density at radius 2 is 1.35 bits per heavy atom.